The van der Waals surface area contributed by atoms with E-state index in [1.54, 1.807) is 54.6 Å². The van der Waals surface area contributed by atoms with Crippen molar-refractivity contribution >= 4 is 39.8 Å². The zero-order chi connectivity index (χ0) is 50.8. The number of methoxy groups -OCH3 is 2. The molecule has 2 aromatic carbocycles. The van der Waals surface area contributed by atoms with Crippen LogP contribution in [-0.2, 0) is 9.47 Å². The minimum absolute atomic E-state index is 0.0339. The monoisotopic (exact) mass is 910 g/mol. The van der Waals surface area contributed by atoms with Crippen LogP contribution in [0.4, 0.5) is 0 Å². The molecule has 0 spiro atoms. The van der Waals surface area contributed by atoms with Gasteiger partial charge in [-0.3, -0.25) is 0 Å². The normalized spacial score (nSPS) is 10.1. The molecule has 12 nitrogen and oxygen atoms in total. The van der Waals surface area contributed by atoms with Crippen molar-refractivity contribution in [2.45, 2.75) is 39.5 Å². The molecule has 0 aliphatic heterocycles. The van der Waals surface area contributed by atoms with Crippen LogP contribution in [0.1, 0.15) is 93.6 Å². The number of hydrogen-bond donors (Lipinski definition) is 0. The second-order valence-electron chi connectivity index (χ2n) is 16.3. The van der Waals surface area contributed by atoms with Crippen LogP contribution in [0, 0.1) is 90.6 Å². The first-order valence-corrected chi connectivity index (χ1v) is 21.5. The predicted molar refractivity (Wildman–Crippen MR) is 261 cm³/mol. The van der Waals surface area contributed by atoms with Crippen molar-refractivity contribution in [2.75, 3.05) is 14.2 Å². The molecular weight excluding hydrogens is 873 g/mol. The maximum Gasteiger partial charge on any atom is 0.338 e. The number of allylic oxidation sites excluding steroid dienone is 6. The number of ether oxygens (including phenoxy) is 2. The van der Waals surface area contributed by atoms with Gasteiger partial charge < -0.3 is 9.47 Å². The number of hydrogen-bond acceptors (Lipinski definition) is 12. The number of rotatable bonds is 10. The van der Waals surface area contributed by atoms with Gasteiger partial charge in [-0.1, -0.05) is 125 Å². The van der Waals surface area contributed by atoms with Crippen LogP contribution >= 0.6 is 0 Å². The number of esters is 2. The predicted octanol–water partition coefficient (Wildman–Crippen LogP) is 9.92. The standard InChI is InChI=1S/C58H38N8O4/c1-33(2)39-9-7-11-45-47(21-39)51(57(67)69-5)23-49(45)55(38-15-13-35(14-16-38)41(25-59)26-60)53(42(27-61)28-62)36-17-19-37(20-18-36)54(43(29-63)30-64)56(44(31-65)32-66)50-24-52(58(68)70-6)48-22-40(34(3)4)10-8-12-46(48)50/h7-24,33-34H,1-6H3. The summed E-state index contributed by atoms with van der Waals surface area (Å²) in [6.07, 6.45) is 0. The molecule has 4 aliphatic rings. The molecule has 0 saturated carbocycles. The highest BCUT2D eigenvalue weighted by atomic mass is 16.5. The van der Waals surface area contributed by atoms with Crippen LogP contribution in [0.25, 0.3) is 50.1 Å². The smallest absolute Gasteiger partial charge is 0.338 e. The van der Waals surface area contributed by atoms with Crippen LogP contribution in [0.3, 0.4) is 0 Å². The SMILES string of the molecule is COC(=O)c1cc(C(=C(C#N)C#N)C(=C(C#N)C#N)c2ccc(C(=C(C#N)C#N)C(c3cc(C(=O)OC)c4cc(C(C)C)cccc3-4)=c3ccc(=C(C#N)C#N)cc3)cc2)c2cccc(C(C)C)cc1-2. The van der Waals surface area contributed by atoms with Gasteiger partial charge in [-0.05, 0) is 90.4 Å². The molecule has 0 radical (unpaired) electrons. The molecule has 70 heavy (non-hydrogen) atoms. The van der Waals surface area contributed by atoms with Crippen LogP contribution < -0.4 is 10.4 Å². The first-order chi connectivity index (χ1) is 33.8. The van der Waals surface area contributed by atoms with Crippen LogP contribution in [-0.4, -0.2) is 26.2 Å². The fraction of sp³-hybridized carbons (Fsp3) is 0.138. The number of carbonyl (C=O) groups excluding carboxylic acids is 2. The van der Waals surface area contributed by atoms with Crippen molar-refractivity contribution in [3.63, 3.8) is 0 Å². The Hall–Kier alpha value is -10.3. The highest BCUT2D eigenvalue weighted by Gasteiger charge is 2.31. The van der Waals surface area contributed by atoms with Crippen molar-refractivity contribution < 1.29 is 19.1 Å². The van der Waals surface area contributed by atoms with Crippen molar-refractivity contribution in [3.8, 4) is 70.8 Å². The van der Waals surface area contributed by atoms with Crippen molar-refractivity contribution in [3.05, 3.63) is 181 Å². The van der Waals surface area contributed by atoms with Gasteiger partial charge in [0.1, 0.15) is 70.8 Å². The molecule has 12 heteroatoms. The average Bonchev–Trinajstić information content (AvgIpc) is 3.69. The van der Waals surface area contributed by atoms with E-state index in [4.69, 9.17) is 9.47 Å². The van der Waals surface area contributed by atoms with Gasteiger partial charge in [-0.15, -0.1) is 0 Å². The summed E-state index contributed by atoms with van der Waals surface area (Å²) >= 11 is 0. The summed E-state index contributed by atoms with van der Waals surface area (Å²) in [5, 5.41) is 83.5. The Morgan fingerprint density at radius 2 is 0.800 bits per heavy atom. The molecule has 6 rings (SSSR count). The van der Waals surface area contributed by atoms with Gasteiger partial charge in [0, 0.05) is 21.9 Å². The molecule has 0 amide bonds. The van der Waals surface area contributed by atoms with Gasteiger partial charge in [0.15, 0.2) is 0 Å². The second-order valence-corrected chi connectivity index (χ2v) is 16.3. The highest BCUT2D eigenvalue weighted by molar-refractivity contribution is 6.17. The van der Waals surface area contributed by atoms with E-state index in [1.807, 2.05) is 113 Å². The molecule has 0 heterocycles. The first kappa shape index (κ1) is 49.1. The summed E-state index contributed by atoms with van der Waals surface area (Å²) in [6, 6.07) is 45.7. The summed E-state index contributed by atoms with van der Waals surface area (Å²) in [7, 11) is 2.48. The largest absolute Gasteiger partial charge is 0.465 e. The lowest BCUT2D eigenvalue weighted by atomic mass is 9.83. The fourth-order valence-corrected chi connectivity index (χ4v) is 8.31. The van der Waals surface area contributed by atoms with Gasteiger partial charge >= 0.3 is 11.9 Å². The zero-order valence-corrected chi connectivity index (χ0v) is 38.8. The molecule has 0 fully saturated rings. The van der Waals surface area contributed by atoms with Gasteiger partial charge in [0.25, 0.3) is 0 Å². The maximum absolute atomic E-state index is 13.6. The Kier molecular flexibility index (Phi) is 14.9. The van der Waals surface area contributed by atoms with E-state index in [1.165, 1.54) is 32.4 Å². The molecule has 0 saturated heterocycles. The van der Waals surface area contributed by atoms with Gasteiger partial charge in [-0.2, -0.15) is 42.1 Å². The Balaban J connectivity index is 1.73. The van der Waals surface area contributed by atoms with Crippen molar-refractivity contribution in [1.29, 1.82) is 42.1 Å². The van der Waals surface area contributed by atoms with Crippen molar-refractivity contribution in [1.82, 2.24) is 0 Å². The van der Waals surface area contributed by atoms with Crippen LogP contribution in [0.5, 0.6) is 0 Å². The second kappa shape index (κ2) is 21.3. The molecule has 0 aromatic heterocycles. The van der Waals surface area contributed by atoms with E-state index in [0.29, 0.717) is 43.8 Å². The minimum Gasteiger partial charge on any atom is -0.465 e. The van der Waals surface area contributed by atoms with E-state index in [9.17, 15) is 51.7 Å². The lowest BCUT2D eigenvalue weighted by Gasteiger charge is -2.17. The molecule has 0 unspecified atom stereocenters. The number of nitriles is 8. The number of carbonyl (C=O) groups is 2. The first-order valence-electron chi connectivity index (χ1n) is 21.5. The lowest BCUT2D eigenvalue weighted by Crippen LogP contribution is -2.14. The van der Waals surface area contributed by atoms with E-state index in [-0.39, 0.29) is 67.5 Å². The summed E-state index contributed by atoms with van der Waals surface area (Å²) in [5.41, 5.74) is 3.89. The highest BCUT2D eigenvalue weighted by Crippen LogP contribution is 2.46. The van der Waals surface area contributed by atoms with Gasteiger partial charge in [0.05, 0.1) is 25.3 Å². The Morgan fingerprint density at radius 3 is 1.21 bits per heavy atom. The molecule has 2 aromatic rings. The number of fused-ring (bicyclic) bond motifs is 2. The third-order valence-corrected chi connectivity index (χ3v) is 11.8. The van der Waals surface area contributed by atoms with Gasteiger partial charge in [-0.25, -0.2) is 9.59 Å². The Bertz CT molecular complexity index is 3610. The number of nitrogens with zero attached hydrogens (tertiary/aromatic N) is 8. The molecular formula is C58H38N8O4. The van der Waals surface area contributed by atoms with E-state index < -0.39 is 23.1 Å². The third-order valence-electron chi connectivity index (χ3n) is 11.8. The maximum atomic E-state index is 13.6. The molecule has 0 bridgehead atoms. The summed E-state index contributed by atoms with van der Waals surface area (Å²) in [4.78, 5) is 26.9. The summed E-state index contributed by atoms with van der Waals surface area (Å²) in [6.45, 7) is 7.97. The molecule has 0 atom stereocenters. The topological polar surface area (TPSA) is 243 Å². The minimum atomic E-state index is -0.700. The van der Waals surface area contributed by atoms with Crippen LogP contribution in [0.15, 0.2) is 126 Å². The van der Waals surface area contributed by atoms with E-state index in [2.05, 4.69) is 0 Å². The zero-order valence-electron chi connectivity index (χ0n) is 38.8. The van der Waals surface area contributed by atoms with Crippen molar-refractivity contribution in [2.24, 2.45) is 0 Å². The average molecular weight is 911 g/mol. The van der Waals surface area contributed by atoms with E-state index >= 15 is 0 Å². The third kappa shape index (κ3) is 9.22. The lowest BCUT2D eigenvalue weighted by molar-refractivity contribution is 0.0593. The quantitative estimate of drug-likeness (QED) is 0.0708. The van der Waals surface area contributed by atoms with E-state index in [0.717, 1.165) is 11.1 Å². The van der Waals surface area contributed by atoms with Gasteiger partial charge in [0.2, 0.25) is 0 Å². The number of benzene rings is 2. The summed E-state index contributed by atoms with van der Waals surface area (Å²) in [5.74, 6) is -1.25. The fourth-order valence-electron chi connectivity index (χ4n) is 8.31. The molecule has 4 aliphatic carbocycles. The molecule has 0 N–H and O–H groups in total. The Morgan fingerprint density at radius 1 is 0.414 bits per heavy atom. The summed E-state index contributed by atoms with van der Waals surface area (Å²) < 4.78 is 10.4. The Labute approximate surface area is 404 Å². The van der Waals surface area contributed by atoms with Crippen LogP contribution in [0.2, 0.25) is 0 Å². The molecule has 334 valence electrons.